The van der Waals surface area contributed by atoms with E-state index in [1.165, 1.54) is 23.9 Å². The van der Waals surface area contributed by atoms with Gasteiger partial charge >= 0.3 is 0 Å². The monoisotopic (exact) mass is 492 g/mol. The first kappa shape index (κ1) is 26.5. The first-order valence-electron chi connectivity index (χ1n) is 11.7. The van der Waals surface area contributed by atoms with Gasteiger partial charge in [0.1, 0.15) is 11.9 Å². The summed E-state index contributed by atoms with van der Waals surface area (Å²) in [6, 6.07) is 25.1. The fourth-order valence-electron chi connectivity index (χ4n) is 3.71. The molecule has 0 saturated heterocycles. The molecule has 0 spiro atoms. The third-order valence-electron chi connectivity index (χ3n) is 5.37. The van der Waals surface area contributed by atoms with Crippen LogP contribution in [0, 0.1) is 5.82 Å². The lowest BCUT2D eigenvalue weighted by atomic mass is 10.0. The zero-order valence-corrected chi connectivity index (χ0v) is 21.4. The molecule has 3 aromatic carbocycles. The van der Waals surface area contributed by atoms with Crippen LogP contribution < -0.4 is 5.32 Å². The van der Waals surface area contributed by atoms with Crippen LogP contribution in [-0.2, 0) is 28.3 Å². The molecular weight excluding hydrogens is 459 g/mol. The molecule has 35 heavy (non-hydrogen) atoms. The van der Waals surface area contributed by atoms with E-state index in [2.05, 4.69) is 5.32 Å². The summed E-state index contributed by atoms with van der Waals surface area (Å²) >= 11 is 1.46. The summed E-state index contributed by atoms with van der Waals surface area (Å²) < 4.78 is 13.2. The molecular formula is C29H33FN2O2S. The molecule has 4 nitrogen and oxygen atoms in total. The van der Waals surface area contributed by atoms with E-state index in [9.17, 15) is 14.0 Å². The average molecular weight is 493 g/mol. The summed E-state index contributed by atoms with van der Waals surface area (Å²) in [5.74, 6) is 0.249. The average Bonchev–Trinajstić information content (AvgIpc) is 2.82. The number of carbonyl (C=O) groups excluding carboxylic acids is 2. The minimum atomic E-state index is -0.657. The standard InChI is InChI=1S/C29H33FN2O2S/c1-29(2,3)31-28(34)26(18-22-10-6-4-7-11-22)32(19-23-12-8-5-9-13-23)27(33)21-35-20-24-14-16-25(30)17-15-24/h4-17,26H,18-21H2,1-3H3,(H,31,34)/t26-/m0/s1. The van der Waals surface area contributed by atoms with E-state index in [0.29, 0.717) is 18.7 Å². The molecule has 184 valence electrons. The maximum atomic E-state index is 13.6. The minimum Gasteiger partial charge on any atom is -0.350 e. The molecule has 0 aliphatic carbocycles. The second-order valence-electron chi connectivity index (χ2n) is 9.57. The Kier molecular flexibility index (Phi) is 9.49. The highest BCUT2D eigenvalue weighted by Crippen LogP contribution is 2.19. The highest BCUT2D eigenvalue weighted by molar-refractivity contribution is 7.99. The van der Waals surface area contributed by atoms with Crippen molar-refractivity contribution in [2.75, 3.05) is 5.75 Å². The summed E-state index contributed by atoms with van der Waals surface area (Å²) in [6.07, 6.45) is 0.421. The van der Waals surface area contributed by atoms with Crippen LogP contribution in [0.15, 0.2) is 84.9 Å². The summed E-state index contributed by atoms with van der Waals surface area (Å²) in [7, 11) is 0. The van der Waals surface area contributed by atoms with Gasteiger partial charge < -0.3 is 10.2 Å². The molecule has 0 bridgehead atoms. The fraction of sp³-hybridized carbons (Fsp3) is 0.310. The van der Waals surface area contributed by atoms with Gasteiger partial charge in [-0.15, -0.1) is 11.8 Å². The zero-order valence-electron chi connectivity index (χ0n) is 20.5. The molecule has 0 radical (unpaired) electrons. The smallest absolute Gasteiger partial charge is 0.243 e. The van der Waals surface area contributed by atoms with Crippen LogP contribution in [0.2, 0.25) is 0 Å². The van der Waals surface area contributed by atoms with Crippen molar-refractivity contribution in [3.63, 3.8) is 0 Å². The molecule has 0 fully saturated rings. The van der Waals surface area contributed by atoms with E-state index in [4.69, 9.17) is 0 Å². The predicted octanol–water partition coefficient (Wildman–Crippen LogP) is 5.61. The fourth-order valence-corrected chi connectivity index (χ4v) is 4.58. The lowest BCUT2D eigenvalue weighted by Crippen LogP contribution is -2.54. The van der Waals surface area contributed by atoms with Crippen LogP contribution in [-0.4, -0.2) is 34.0 Å². The summed E-state index contributed by atoms with van der Waals surface area (Å²) in [6.45, 7) is 6.15. The van der Waals surface area contributed by atoms with E-state index in [0.717, 1.165) is 16.7 Å². The molecule has 0 heterocycles. The van der Waals surface area contributed by atoms with Crippen molar-refractivity contribution in [1.82, 2.24) is 10.2 Å². The van der Waals surface area contributed by atoms with Crippen molar-refractivity contribution in [2.45, 2.75) is 51.1 Å². The summed E-state index contributed by atoms with van der Waals surface area (Å²) in [5.41, 5.74) is 2.48. The Morgan fingerprint density at radius 1 is 0.857 bits per heavy atom. The summed E-state index contributed by atoms with van der Waals surface area (Å²) in [5, 5.41) is 3.07. The van der Waals surface area contributed by atoms with Gasteiger partial charge in [-0.1, -0.05) is 72.8 Å². The minimum absolute atomic E-state index is 0.106. The number of hydrogen-bond acceptors (Lipinski definition) is 3. The van der Waals surface area contributed by atoms with Crippen molar-refractivity contribution in [3.8, 4) is 0 Å². The van der Waals surface area contributed by atoms with Crippen molar-refractivity contribution in [2.24, 2.45) is 0 Å². The number of thioether (sulfide) groups is 1. The highest BCUT2D eigenvalue weighted by atomic mass is 32.2. The molecule has 3 rings (SSSR count). The Hall–Kier alpha value is -3.12. The molecule has 1 N–H and O–H groups in total. The van der Waals surface area contributed by atoms with Gasteiger partial charge in [0, 0.05) is 24.3 Å². The van der Waals surface area contributed by atoms with Gasteiger partial charge in [0.05, 0.1) is 5.75 Å². The van der Waals surface area contributed by atoms with Gasteiger partial charge in [-0.2, -0.15) is 0 Å². The quantitative estimate of drug-likeness (QED) is 0.400. The number of carbonyl (C=O) groups is 2. The molecule has 2 amide bonds. The zero-order chi connectivity index (χ0) is 25.3. The van der Waals surface area contributed by atoms with Gasteiger partial charge in [-0.25, -0.2) is 4.39 Å². The van der Waals surface area contributed by atoms with Crippen LogP contribution in [0.1, 0.15) is 37.5 Å². The Bertz CT molecular complexity index is 1080. The van der Waals surface area contributed by atoms with Crippen LogP contribution in [0.25, 0.3) is 0 Å². The Balaban J connectivity index is 1.83. The molecule has 3 aromatic rings. The number of nitrogens with zero attached hydrogens (tertiary/aromatic N) is 1. The van der Waals surface area contributed by atoms with Crippen LogP contribution >= 0.6 is 11.8 Å². The van der Waals surface area contributed by atoms with Crippen molar-refractivity contribution in [3.05, 3.63) is 107 Å². The number of nitrogens with one attached hydrogen (secondary N) is 1. The number of benzene rings is 3. The normalized spacial score (nSPS) is 12.1. The Morgan fingerprint density at radius 3 is 2.00 bits per heavy atom. The van der Waals surface area contributed by atoms with Gasteiger partial charge in [0.25, 0.3) is 0 Å². The molecule has 0 aliphatic rings. The molecule has 6 heteroatoms. The third kappa shape index (κ3) is 8.87. The van der Waals surface area contributed by atoms with Gasteiger partial charge in [-0.3, -0.25) is 9.59 Å². The largest absolute Gasteiger partial charge is 0.350 e. The number of hydrogen-bond donors (Lipinski definition) is 1. The topological polar surface area (TPSA) is 49.4 Å². The molecule has 0 unspecified atom stereocenters. The molecule has 0 aromatic heterocycles. The number of amides is 2. The van der Waals surface area contributed by atoms with Crippen LogP contribution in [0.4, 0.5) is 4.39 Å². The lowest BCUT2D eigenvalue weighted by Gasteiger charge is -2.34. The number of rotatable bonds is 10. The van der Waals surface area contributed by atoms with Crippen LogP contribution in [0.5, 0.6) is 0 Å². The van der Waals surface area contributed by atoms with E-state index in [1.54, 1.807) is 17.0 Å². The van der Waals surface area contributed by atoms with Gasteiger partial charge in [0.2, 0.25) is 11.8 Å². The predicted molar refractivity (Wildman–Crippen MR) is 141 cm³/mol. The SMILES string of the molecule is CC(C)(C)NC(=O)[C@H](Cc1ccccc1)N(Cc1ccccc1)C(=O)CSCc1ccc(F)cc1. The van der Waals surface area contributed by atoms with E-state index < -0.39 is 11.6 Å². The third-order valence-corrected chi connectivity index (χ3v) is 6.36. The van der Waals surface area contributed by atoms with Crippen LogP contribution in [0.3, 0.4) is 0 Å². The van der Waals surface area contributed by atoms with Crippen molar-refractivity contribution in [1.29, 1.82) is 0 Å². The second-order valence-corrected chi connectivity index (χ2v) is 10.6. The van der Waals surface area contributed by atoms with E-state index in [-0.39, 0.29) is 23.4 Å². The lowest BCUT2D eigenvalue weighted by molar-refractivity contribution is -0.140. The van der Waals surface area contributed by atoms with Crippen molar-refractivity contribution < 1.29 is 14.0 Å². The Morgan fingerprint density at radius 2 is 1.43 bits per heavy atom. The maximum absolute atomic E-state index is 13.6. The van der Waals surface area contributed by atoms with E-state index in [1.807, 2.05) is 81.4 Å². The van der Waals surface area contributed by atoms with E-state index >= 15 is 0 Å². The number of halogens is 1. The second kappa shape index (κ2) is 12.5. The van der Waals surface area contributed by atoms with Crippen molar-refractivity contribution >= 4 is 23.6 Å². The molecule has 0 saturated carbocycles. The first-order valence-corrected chi connectivity index (χ1v) is 12.9. The first-order chi connectivity index (χ1) is 16.7. The molecule has 0 aliphatic heterocycles. The summed E-state index contributed by atoms with van der Waals surface area (Å²) in [4.78, 5) is 28.7. The highest BCUT2D eigenvalue weighted by Gasteiger charge is 2.32. The van der Waals surface area contributed by atoms with Gasteiger partial charge in [-0.05, 0) is 49.6 Å². The van der Waals surface area contributed by atoms with Gasteiger partial charge in [0.15, 0.2) is 0 Å². The maximum Gasteiger partial charge on any atom is 0.243 e. The molecule has 1 atom stereocenters. The Labute approximate surface area is 211 Å².